The average Bonchev–Trinajstić information content (AvgIpc) is 2.38. The van der Waals surface area contributed by atoms with Crippen LogP contribution in [0.15, 0.2) is 12.7 Å². The van der Waals surface area contributed by atoms with Gasteiger partial charge < -0.3 is 20.1 Å². The van der Waals surface area contributed by atoms with Crippen molar-refractivity contribution in [3.05, 3.63) is 12.7 Å². The van der Waals surface area contributed by atoms with Crippen LogP contribution in [-0.4, -0.2) is 54.4 Å². The SMILES string of the molecule is C=CCC(NC(=O)N1CCC(C)C(OC)C1)C(=O)O. The van der Waals surface area contributed by atoms with E-state index in [4.69, 9.17) is 9.84 Å². The maximum atomic E-state index is 12.0. The van der Waals surface area contributed by atoms with Gasteiger partial charge in [0.1, 0.15) is 6.04 Å². The van der Waals surface area contributed by atoms with E-state index in [2.05, 4.69) is 18.8 Å². The van der Waals surface area contributed by atoms with E-state index in [1.165, 1.54) is 6.08 Å². The average molecular weight is 270 g/mol. The highest BCUT2D eigenvalue weighted by Crippen LogP contribution is 2.19. The van der Waals surface area contributed by atoms with Crippen LogP contribution in [0.1, 0.15) is 19.8 Å². The Hall–Kier alpha value is -1.56. The summed E-state index contributed by atoms with van der Waals surface area (Å²) < 4.78 is 5.33. The van der Waals surface area contributed by atoms with Crippen LogP contribution in [0, 0.1) is 5.92 Å². The van der Waals surface area contributed by atoms with Gasteiger partial charge in [-0.25, -0.2) is 9.59 Å². The van der Waals surface area contributed by atoms with Crippen LogP contribution >= 0.6 is 0 Å². The molecule has 1 rings (SSSR count). The van der Waals surface area contributed by atoms with Crippen LogP contribution < -0.4 is 5.32 Å². The predicted octanol–water partition coefficient (Wildman–Crippen LogP) is 1.08. The first-order valence-electron chi connectivity index (χ1n) is 6.41. The summed E-state index contributed by atoms with van der Waals surface area (Å²) in [5.41, 5.74) is 0. The molecule has 2 N–H and O–H groups in total. The van der Waals surface area contributed by atoms with Crippen LogP contribution in [0.2, 0.25) is 0 Å². The lowest BCUT2D eigenvalue weighted by Gasteiger charge is -2.36. The van der Waals surface area contributed by atoms with Crippen molar-refractivity contribution in [3.8, 4) is 0 Å². The minimum atomic E-state index is -1.05. The maximum Gasteiger partial charge on any atom is 0.326 e. The number of carbonyl (C=O) groups is 2. The fourth-order valence-electron chi connectivity index (χ4n) is 2.15. The highest BCUT2D eigenvalue weighted by atomic mass is 16.5. The normalized spacial score (nSPS) is 24.6. The van der Waals surface area contributed by atoms with Gasteiger partial charge >= 0.3 is 12.0 Å². The minimum Gasteiger partial charge on any atom is -0.480 e. The molecule has 0 aromatic carbocycles. The standard InChI is InChI=1S/C13H22N2O4/c1-4-5-10(12(16)17)14-13(18)15-7-6-9(2)11(8-15)19-3/h4,9-11H,1,5-8H2,2-3H3,(H,14,18)(H,16,17). The molecule has 0 bridgehead atoms. The number of ether oxygens (including phenoxy) is 1. The van der Waals surface area contributed by atoms with Crippen molar-refractivity contribution in [1.82, 2.24) is 10.2 Å². The molecule has 0 aromatic rings. The first-order chi connectivity index (χ1) is 8.99. The summed E-state index contributed by atoms with van der Waals surface area (Å²) in [6.45, 7) is 6.68. The molecule has 1 aliphatic heterocycles. The van der Waals surface area contributed by atoms with Gasteiger partial charge in [0, 0.05) is 20.2 Å². The minimum absolute atomic E-state index is 0.00202. The second kappa shape index (κ2) is 7.13. The number of rotatable bonds is 5. The third kappa shape index (κ3) is 4.24. The van der Waals surface area contributed by atoms with E-state index in [0.29, 0.717) is 19.0 Å². The van der Waals surface area contributed by atoms with Crippen molar-refractivity contribution >= 4 is 12.0 Å². The quantitative estimate of drug-likeness (QED) is 0.733. The molecule has 0 aliphatic carbocycles. The Morgan fingerprint density at radius 3 is 2.84 bits per heavy atom. The summed E-state index contributed by atoms with van der Waals surface area (Å²) in [5, 5.41) is 11.5. The second-order valence-corrected chi connectivity index (χ2v) is 4.85. The van der Waals surface area contributed by atoms with Gasteiger partial charge in [-0.1, -0.05) is 13.0 Å². The summed E-state index contributed by atoms with van der Waals surface area (Å²) >= 11 is 0. The third-order valence-corrected chi connectivity index (χ3v) is 3.48. The van der Waals surface area contributed by atoms with Gasteiger partial charge in [0.2, 0.25) is 0 Å². The van der Waals surface area contributed by atoms with Crippen molar-refractivity contribution in [2.45, 2.75) is 31.9 Å². The topological polar surface area (TPSA) is 78.9 Å². The molecule has 108 valence electrons. The van der Waals surface area contributed by atoms with E-state index in [9.17, 15) is 9.59 Å². The molecular weight excluding hydrogens is 248 g/mol. The molecule has 2 amide bonds. The van der Waals surface area contributed by atoms with Gasteiger partial charge in [-0.05, 0) is 18.8 Å². The van der Waals surface area contributed by atoms with Crippen molar-refractivity contribution in [2.24, 2.45) is 5.92 Å². The molecule has 19 heavy (non-hydrogen) atoms. The van der Waals surface area contributed by atoms with E-state index in [0.717, 1.165) is 6.42 Å². The van der Waals surface area contributed by atoms with Gasteiger partial charge in [0.25, 0.3) is 0 Å². The molecule has 1 heterocycles. The Bertz CT molecular complexity index is 346. The number of piperidine rings is 1. The fraction of sp³-hybridized carbons (Fsp3) is 0.692. The molecule has 0 aromatic heterocycles. The van der Waals surface area contributed by atoms with Crippen LogP contribution in [0.5, 0.6) is 0 Å². The molecule has 1 aliphatic rings. The molecule has 0 saturated carbocycles. The van der Waals surface area contributed by atoms with E-state index in [1.54, 1.807) is 12.0 Å². The van der Waals surface area contributed by atoms with Crippen LogP contribution in [0.3, 0.4) is 0 Å². The summed E-state index contributed by atoms with van der Waals surface area (Å²) in [6.07, 6.45) is 2.54. The van der Waals surface area contributed by atoms with E-state index < -0.39 is 12.0 Å². The zero-order chi connectivity index (χ0) is 14.4. The summed E-state index contributed by atoms with van der Waals surface area (Å²) in [4.78, 5) is 24.6. The zero-order valence-electron chi connectivity index (χ0n) is 11.5. The van der Waals surface area contributed by atoms with Crippen LogP contribution in [0.4, 0.5) is 4.79 Å². The highest BCUT2D eigenvalue weighted by Gasteiger charge is 2.30. The smallest absolute Gasteiger partial charge is 0.326 e. The molecular formula is C13H22N2O4. The number of amides is 2. The molecule has 6 nitrogen and oxygen atoms in total. The highest BCUT2D eigenvalue weighted by molar-refractivity contribution is 5.82. The van der Waals surface area contributed by atoms with Crippen LogP contribution in [-0.2, 0) is 9.53 Å². The van der Waals surface area contributed by atoms with E-state index in [-0.39, 0.29) is 18.6 Å². The lowest BCUT2D eigenvalue weighted by molar-refractivity contribution is -0.139. The van der Waals surface area contributed by atoms with Crippen molar-refractivity contribution < 1.29 is 19.4 Å². The van der Waals surface area contributed by atoms with Gasteiger partial charge in [-0.15, -0.1) is 6.58 Å². The van der Waals surface area contributed by atoms with Crippen molar-refractivity contribution in [2.75, 3.05) is 20.2 Å². The molecule has 1 saturated heterocycles. The number of carbonyl (C=O) groups excluding carboxylic acids is 1. The van der Waals surface area contributed by atoms with Gasteiger partial charge in [-0.2, -0.15) is 0 Å². The molecule has 6 heteroatoms. The van der Waals surface area contributed by atoms with Gasteiger partial charge in [0.15, 0.2) is 0 Å². The molecule has 0 radical (unpaired) electrons. The Morgan fingerprint density at radius 2 is 2.32 bits per heavy atom. The lowest BCUT2D eigenvalue weighted by atomic mass is 9.96. The zero-order valence-corrected chi connectivity index (χ0v) is 11.5. The molecule has 0 spiro atoms. The summed E-state index contributed by atoms with van der Waals surface area (Å²) in [6, 6.07) is -1.28. The third-order valence-electron chi connectivity index (χ3n) is 3.48. The Labute approximate surface area is 113 Å². The first kappa shape index (κ1) is 15.5. The number of urea groups is 1. The summed E-state index contributed by atoms with van der Waals surface area (Å²) in [5.74, 6) is -0.653. The Morgan fingerprint density at radius 1 is 1.63 bits per heavy atom. The van der Waals surface area contributed by atoms with Crippen molar-refractivity contribution in [1.29, 1.82) is 0 Å². The number of hydrogen-bond acceptors (Lipinski definition) is 3. The summed E-state index contributed by atoms with van der Waals surface area (Å²) in [7, 11) is 1.63. The molecule has 3 unspecified atom stereocenters. The largest absolute Gasteiger partial charge is 0.480 e. The molecule has 1 fully saturated rings. The van der Waals surface area contributed by atoms with Gasteiger partial charge in [0.05, 0.1) is 6.10 Å². The Balaban J connectivity index is 2.57. The number of hydrogen-bond donors (Lipinski definition) is 2. The predicted molar refractivity (Wildman–Crippen MR) is 70.9 cm³/mol. The first-order valence-corrected chi connectivity index (χ1v) is 6.41. The van der Waals surface area contributed by atoms with E-state index in [1.807, 2.05) is 0 Å². The monoisotopic (exact) mass is 270 g/mol. The van der Waals surface area contributed by atoms with Crippen molar-refractivity contribution in [3.63, 3.8) is 0 Å². The second-order valence-electron chi connectivity index (χ2n) is 4.85. The number of aliphatic carboxylic acids is 1. The number of nitrogens with one attached hydrogen (secondary N) is 1. The molecule has 3 atom stereocenters. The number of carboxylic acids is 1. The van der Waals surface area contributed by atoms with E-state index >= 15 is 0 Å². The lowest BCUT2D eigenvalue weighted by Crippen LogP contribution is -2.53. The number of methoxy groups -OCH3 is 1. The van der Waals surface area contributed by atoms with Gasteiger partial charge in [-0.3, -0.25) is 0 Å². The number of carboxylic acid groups (broad SMARTS) is 1. The maximum absolute atomic E-state index is 12.0. The Kier molecular flexibility index (Phi) is 5.82. The number of nitrogens with zero attached hydrogens (tertiary/aromatic N) is 1. The number of likely N-dealkylation sites (tertiary alicyclic amines) is 1. The fourth-order valence-corrected chi connectivity index (χ4v) is 2.15. The van der Waals surface area contributed by atoms with Crippen LogP contribution in [0.25, 0.3) is 0 Å².